The van der Waals surface area contributed by atoms with Crippen LogP contribution in [0, 0.1) is 0 Å². The summed E-state index contributed by atoms with van der Waals surface area (Å²) in [5.74, 6) is -0.332. The van der Waals surface area contributed by atoms with Crippen LogP contribution in [-0.4, -0.2) is 31.3 Å². The summed E-state index contributed by atoms with van der Waals surface area (Å²) in [6, 6.07) is 5.57. The standard InChI is InChI=1S/C13H13F3N2O3/c1-2-7-17-11(19)9-3-5-10(6-4-9)18-12(20)21-8-13(14,15)16/h2-6H,1,7-8H2,(H,17,19)(H,18,20). The van der Waals surface area contributed by atoms with Gasteiger partial charge in [0.05, 0.1) is 0 Å². The highest BCUT2D eigenvalue weighted by Gasteiger charge is 2.29. The maximum atomic E-state index is 11.8. The van der Waals surface area contributed by atoms with Gasteiger partial charge in [0.2, 0.25) is 0 Å². The molecule has 1 aromatic carbocycles. The molecule has 0 fully saturated rings. The first-order valence-electron chi connectivity index (χ1n) is 5.81. The van der Waals surface area contributed by atoms with E-state index in [9.17, 15) is 22.8 Å². The summed E-state index contributed by atoms with van der Waals surface area (Å²) in [6.45, 7) is 2.09. The monoisotopic (exact) mass is 302 g/mol. The number of hydrogen-bond donors (Lipinski definition) is 2. The smallest absolute Gasteiger partial charge is 0.422 e. The molecule has 5 nitrogen and oxygen atoms in total. The van der Waals surface area contributed by atoms with Crippen molar-refractivity contribution in [3.63, 3.8) is 0 Å². The number of benzene rings is 1. The first-order chi connectivity index (χ1) is 9.81. The highest BCUT2D eigenvalue weighted by molar-refractivity contribution is 5.95. The highest BCUT2D eigenvalue weighted by atomic mass is 19.4. The van der Waals surface area contributed by atoms with E-state index in [2.05, 4.69) is 21.9 Å². The quantitative estimate of drug-likeness (QED) is 0.822. The predicted octanol–water partition coefficient (Wildman–Crippen LogP) is 2.71. The lowest BCUT2D eigenvalue weighted by atomic mass is 10.2. The minimum absolute atomic E-state index is 0.211. The van der Waals surface area contributed by atoms with E-state index in [-0.39, 0.29) is 11.6 Å². The topological polar surface area (TPSA) is 67.4 Å². The molecule has 0 heterocycles. The average molecular weight is 302 g/mol. The predicted molar refractivity (Wildman–Crippen MR) is 70.0 cm³/mol. The molecule has 114 valence electrons. The molecule has 2 amide bonds. The summed E-state index contributed by atoms with van der Waals surface area (Å²) in [6.07, 6.45) is -4.29. The second kappa shape index (κ2) is 7.32. The van der Waals surface area contributed by atoms with Gasteiger partial charge in [-0.15, -0.1) is 6.58 Å². The van der Waals surface area contributed by atoms with Crippen molar-refractivity contribution in [1.29, 1.82) is 0 Å². The highest BCUT2D eigenvalue weighted by Crippen LogP contribution is 2.15. The summed E-state index contributed by atoms with van der Waals surface area (Å²) in [7, 11) is 0. The molecule has 1 rings (SSSR count). The lowest BCUT2D eigenvalue weighted by molar-refractivity contribution is -0.159. The second-order valence-corrected chi connectivity index (χ2v) is 3.89. The largest absolute Gasteiger partial charge is 0.440 e. The number of rotatable bonds is 5. The molecule has 0 aliphatic heterocycles. The van der Waals surface area contributed by atoms with Crippen molar-refractivity contribution in [2.75, 3.05) is 18.5 Å². The Morgan fingerprint density at radius 2 is 1.86 bits per heavy atom. The zero-order valence-corrected chi connectivity index (χ0v) is 10.9. The van der Waals surface area contributed by atoms with Gasteiger partial charge in [-0.2, -0.15) is 13.2 Å². The van der Waals surface area contributed by atoms with Gasteiger partial charge >= 0.3 is 12.3 Å². The molecule has 0 atom stereocenters. The van der Waals surface area contributed by atoms with Crippen LogP contribution in [0.3, 0.4) is 0 Å². The van der Waals surface area contributed by atoms with Crippen LogP contribution in [-0.2, 0) is 4.74 Å². The normalized spacial score (nSPS) is 10.6. The van der Waals surface area contributed by atoms with E-state index in [4.69, 9.17) is 0 Å². The Morgan fingerprint density at radius 1 is 1.24 bits per heavy atom. The summed E-state index contributed by atoms with van der Waals surface area (Å²) in [4.78, 5) is 22.6. The Bertz CT molecular complexity index is 512. The van der Waals surface area contributed by atoms with Gasteiger partial charge in [0.1, 0.15) is 0 Å². The van der Waals surface area contributed by atoms with E-state index in [1.165, 1.54) is 30.3 Å². The molecule has 0 aromatic heterocycles. The first kappa shape index (κ1) is 16.5. The Kier molecular flexibility index (Phi) is 5.77. The molecule has 0 unspecified atom stereocenters. The molecule has 0 saturated carbocycles. The molecule has 21 heavy (non-hydrogen) atoms. The van der Waals surface area contributed by atoms with E-state index < -0.39 is 18.9 Å². The lowest BCUT2D eigenvalue weighted by Crippen LogP contribution is -2.24. The molecule has 8 heteroatoms. The van der Waals surface area contributed by atoms with Crippen molar-refractivity contribution in [3.8, 4) is 0 Å². The minimum Gasteiger partial charge on any atom is -0.440 e. The number of alkyl halides is 3. The number of ether oxygens (including phenoxy) is 1. The van der Waals surface area contributed by atoms with Gasteiger partial charge in [-0.3, -0.25) is 10.1 Å². The van der Waals surface area contributed by atoms with Crippen LogP contribution in [0.25, 0.3) is 0 Å². The number of carbonyl (C=O) groups is 2. The maximum Gasteiger partial charge on any atom is 0.422 e. The van der Waals surface area contributed by atoms with E-state index in [1.54, 1.807) is 0 Å². The van der Waals surface area contributed by atoms with Gasteiger partial charge in [-0.25, -0.2) is 4.79 Å². The number of halogens is 3. The van der Waals surface area contributed by atoms with E-state index in [0.29, 0.717) is 12.1 Å². The van der Waals surface area contributed by atoms with Crippen molar-refractivity contribution < 1.29 is 27.5 Å². The Labute approximate surface area is 118 Å². The van der Waals surface area contributed by atoms with Crippen LogP contribution in [0.4, 0.5) is 23.7 Å². The Morgan fingerprint density at radius 3 is 2.38 bits per heavy atom. The molecular weight excluding hydrogens is 289 g/mol. The summed E-state index contributed by atoms with van der Waals surface area (Å²) in [5, 5.41) is 4.67. The van der Waals surface area contributed by atoms with Crippen molar-refractivity contribution in [1.82, 2.24) is 5.32 Å². The van der Waals surface area contributed by atoms with E-state index in [0.717, 1.165) is 0 Å². The first-order valence-corrected chi connectivity index (χ1v) is 5.81. The molecule has 2 N–H and O–H groups in total. The number of hydrogen-bond acceptors (Lipinski definition) is 3. The second-order valence-electron chi connectivity index (χ2n) is 3.89. The van der Waals surface area contributed by atoms with Crippen LogP contribution < -0.4 is 10.6 Å². The third kappa shape index (κ3) is 6.46. The van der Waals surface area contributed by atoms with Crippen molar-refractivity contribution >= 4 is 17.7 Å². The Hall–Kier alpha value is -2.51. The molecule has 0 aliphatic carbocycles. The fraction of sp³-hybridized carbons (Fsp3) is 0.231. The lowest BCUT2D eigenvalue weighted by Gasteiger charge is -2.09. The fourth-order valence-corrected chi connectivity index (χ4v) is 1.27. The van der Waals surface area contributed by atoms with Crippen LogP contribution in [0.5, 0.6) is 0 Å². The molecule has 1 aromatic rings. The third-order valence-electron chi connectivity index (χ3n) is 2.17. The Balaban J connectivity index is 2.52. The molecule has 0 radical (unpaired) electrons. The molecule has 0 saturated heterocycles. The summed E-state index contributed by atoms with van der Waals surface area (Å²) < 4.78 is 39.5. The van der Waals surface area contributed by atoms with Crippen LogP contribution in [0.15, 0.2) is 36.9 Å². The van der Waals surface area contributed by atoms with Crippen molar-refractivity contribution in [2.24, 2.45) is 0 Å². The number of anilines is 1. The van der Waals surface area contributed by atoms with Gasteiger partial charge < -0.3 is 10.1 Å². The van der Waals surface area contributed by atoms with Gasteiger partial charge in [-0.1, -0.05) is 6.08 Å². The fourth-order valence-electron chi connectivity index (χ4n) is 1.27. The van der Waals surface area contributed by atoms with Crippen LogP contribution >= 0.6 is 0 Å². The van der Waals surface area contributed by atoms with Gasteiger partial charge in [0.15, 0.2) is 6.61 Å². The number of amides is 2. The number of nitrogens with one attached hydrogen (secondary N) is 2. The molecule has 0 aliphatic rings. The number of carbonyl (C=O) groups excluding carboxylic acids is 2. The van der Waals surface area contributed by atoms with Crippen molar-refractivity contribution in [2.45, 2.75) is 6.18 Å². The third-order valence-corrected chi connectivity index (χ3v) is 2.17. The van der Waals surface area contributed by atoms with Crippen LogP contribution in [0.1, 0.15) is 10.4 Å². The minimum atomic E-state index is -4.58. The van der Waals surface area contributed by atoms with Gasteiger partial charge in [0, 0.05) is 17.8 Å². The summed E-state index contributed by atoms with van der Waals surface area (Å²) in [5.41, 5.74) is 0.550. The van der Waals surface area contributed by atoms with Crippen LogP contribution in [0.2, 0.25) is 0 Å². The molecular formula is C13H13F3N2O3. The zero-order valence-electron chi connectivity index (χ0n) is 10.9. The van der Waals surface area contributed by atoms with Gasteiger partial charge in [0.25, 0.3) is 5.91 Å². The van der Waals surface area contributed by atoms with E-state index in [1.807, 2.05) is 0 Å². The maximum absolute atomic E-state index is 11.8. The van der Waals surface area contributed by atoms with Gasteiger partial charge in [-0.05, 0) is 24.3 Å². The molecule has 0 spiro atoms. The zero-order chi connectivity index (χ0) is 15.9. The van der Waals surface area contributed by atoms with E-state index >= 15 is 0 Å². The average Bonchev–Trinajstić information content (AvgIpc) is 2.42. The van der Waals surface area contributed by atoms with Crippen molar-refractivity contribution in [3.05, 3.63) is 42.5 Å². The summed E-state index contributed by atoms with van der Waals surface area (Å²) >= 11 is 0. The molecule has 0 bridgehead atoms. The SMILES string of the molecule is C=CCNC(=O)c1ccc(NC(=O)OCC(F)(F)F)cc1.